The molecule has 8 nitrogen and oxygen atoms in total. The maximum atomic E-state index is 14.1. The minimum Gasteiger partial charge on any atom is -0.506 e. The van der Waals surface area contributed by atoms with Gasteiger partial charge in [0.1, 0.15) is 5.76 Å². The van der Waals surface area contributed by atoms with Crippen molar-refractivity contribution >= 4 is 40.3 Å². The first-order valence-corrected chi connectivity index (χ1v) is 18.9. The molecule has 3 aliphatic rings. The Bertz CT molecular complexity index is 1540. The van der Waals surface area contributed by atoms with Crippen LogP contribution in [0.5, 0.6) is 0 Å². The van der Waals surface area contributed by atoms with Crippen LogP contribution in [0.25, 0.3) is 5.57 Å². The number of unbranched alkanes of at least 4 members (excludes halogenated alkanes) is 8. The van der Waals surface area contributed by atoms with Gasteiger partial charge in [-0.3, -0.25) is 19.4 Å². The van der Waals surface area contributed by atoms with Gasteiger partial charge in [-0.2, -0.15) is 0 Å². The lowest BCUT2D eigenvalue weighted by atomic mass is 9.77. The van der Waals surface area contributed by atoms with Gasteiger partial charge in [0.05, 0.1) is 28.2 Å². The minimum absolute atomic E-state index is 0.0949. The SMILES string of the molecule is CCCCCCC(=O)NC1=CC(=N/CCCCC)/C(C)=CC/1=C1/C(=O)C(c2cc(C)c(N3CCCC3)cc2NC(=O)CCCCCC)=C1O. The van der Waals surface area contributed by atoms with Crippen LogP contribution in [-0.2, 0) is 14.4 Å². The van der Waals surface area contributed by atoms with Crippen molar-refractivity contribution in [2.75, 3.05) is 29.9 Å². The molecule has 8 heteroatoms. The second-order valence-corrected chi connectivity index (χ2v) is 13.8. The molecule has 2 aliphatic carbocycles. The molecule has 0 spiro atoms. The van der Waals surface area contributed by atoms with Gasteiger partial charge in [-0.15, -0.1) is 0 Å². The Balaban J connectivity index is 1.72. The maximum Gasteiger partial charge on any atom is 0.224 e. The van der Waals surface area contributed by atoms with Gasteiger partial charge in [0.25, 0.3) is 0 Å². The molecule has 49 heavy (non-hydrogen) atoms. The number of nitrogens with zero attached hydrogens (tertiary/aromatic N) is 2. The van der Waals surface area contributed by atoms with Crippen LogP contribution in [0, 0.1) is 6.92 Å². The highest BCUT2D eigenvalue weighted by Crippen LogP contribution is 2.44. The summed E-state index contributed by atoms with van der Waals surface area (Å²) in [7, 11) is 0. The van der Waals surface area contributed by atoms with Gasteiger partial charge in [-0.1, -0.05) is 72.1 Å². The monoisotopic (exact) mass is 670 g/mol. The highest BCUT2D eigenvalue weighted by atomic mass is 16.3. The molecule has 1 heterocycles. The molecule has 0 bridgehead atoms. The predicted octanol–water partition coefficient (Wildman–Crippen LogP) is 9.21. The average molecular weight is 671 g/mol. The minimum atomic E-state index is -0.310. The lowest BCUT2D eigenvalue weighted by molar-refractivity contribution is -0.120. The summed E-state index contributed by atoms with van der Waals surface area (Å²) in [6.45, 7) is 13.0. The van der Waals surface area contributed by atoms with E-state index in [0.29, 0.717) is 41.9 Å². The third kappa shape index (κ3) is 9.83. The Morgan fingerprint density at radius 1 is 0.796 bits per heavy atom. The second kappa shape index (κ2) is 18.7. The summed E-state index contributed by atoms with van der Waals surface area (Å²) in [5.41, 5.74) is 6.07. The van der Waals surface area contributed by atoms with Crippen molar-refractivity contribution in [2.24, 2.45) is 4.99 Å². The van der Waals surface area contributed by atoms with E-state index in [1.165, 1.54) is 0 Å². The molecule has 1 aromatic rings. The molecule has 266 valence electrons. The Kier molecular flexibility index (Phi) is 14.5. The molecule has 1 aliphatic heterocycles. The number of rotatable bonds is 18. The van der Waals surface area contributed by atoms with Crippen LogP contribution in [0.1, 0.15) is 135 Å². The molecular weight excluding hydrogens is 612 g/mol. The molecule has 1 aromatic carbocycles. The van der Waals surface area contributed by atoms with E-state index in [1.54, 1.807) is 0 Å². The van der Waals surface area contributed by atoms with Crippen molar-refractivity contribution in [3.63, 3.8) is 0 Å². The zero-order chi connectivity index (χ0) is 35.3. The van der Waals surface area contributed by atoms with Crippen molar-refractivity contribution < 1.29 is 19.5 Å². The number of aliphatic hydroxyl groups is 1. The number of Topliss-reactive ketones (excluding diaryl/α,β-unsaturated/α-hetero) is 1. The molecule has 0 radical (unpaired) electrons. The lowest BCUT2D eigenvalue weighted by Gasteiger charge is -2.29. The maximum absolute atomic E-state index is 14.1. The van der Waals surface area contributed by atoms with Gasteiger partial charge in [0.15, 0.2) is 0 Å². The molecule has 0 atom stereocenters. The Morgan fingerprint density at radius 3 is 2.02 bits per heavy atom. The van der Waals surface area contributed by atoms with E-state index in [-0.39, 0.29) is 34.5 Å². The third-order valence-electron chi connectivity index (χ3n) is 9.69. The van der Waals surface area contributed by atoms with Crippen LogP contribution >= 0.6 is 0 Å². The van der Waals surface area contributed by atoms with Gasteiger partial charge in [-0.05, 0) is 81.4 Å². The largest absolute Gasteiger partial charge is 0.506 e. The van der Waals surface area contributed by atoms with E-state index < -0.39 is 0 Å². The van der Waals surface area contributed by atoms with Crippen LogP contribution in [0.4, 0.5) is 11.4 Å². The third-order valence-corrected chi connectivity index (χ3v) is 9.69. The van der Waals surface area contributed by atoms with Crippen molar-refractivity contribution in [3.8, 4) is 0 Å². The second-order valence-electron chi connectivity index (χ2n) is 13.8. The molecule has 0 unspecified atom stereocenters. The number of carbonyl (C=O) groups is 3. The van der Waals surface area contributed by atoms with Crippen LogP contribution < -0.4 is 15.5 Å². The normalized spacial score (nSPS) is 18.5. The smallest absolute Gasteiger partial charge is 0.224 e. The number of ketones is 1. The van der Waals surface area contributed by atoms with Gasteiger partial charge in [-0.25, -0.2) is 0 Å². The van der Waals surface area contributed by atoms with Gasteiger partial charge < -0.3 is 20.6 Å². The lowest BCUT2D eigenvalue weighted by Crippen LogP contribution is -2.30. The van der Waals surface area contributed by atoms with Crippen molar-refractivity contribution in [1.29, 1.82) is 0 Å². The topological polar surface area (TPSA) is 111 Å². The molecule has 1 saturated heterocycles. The summed E-state index contributed by atoms with van der Waals surface area (Å²) in [4.78, 5) is 47.4. The van der Waals surface area contributed by atoms with E-state index in [9.17, 15) is 19.5 Å². The number of aryl methyl sites for hydroxylation is 1. The fourth-order valence-corrected chi connectivity index (χ4v) is 6.80. The summed E-state index contributed by atoms with van der Waals surface area (Å²) in [5, 5.41) is 17.8. The molecule has 3 N–H and O–H groups in total. The molecule has 0 aromatic heterocycles. The highest BCUT2D eigenvalue weighted by Gasteiger charge is 2.40. The Hall–Kier alpha value is -3.94. The van der Waals surface area contributed by atoms with Crippen molar-refractivity contribution in [3.05, 3.63) is 63.6 Å². The van der Waals surface area contributed by atoms with E-state index in [1.807, 2.05) is 38.1 Å². The number of carbonyl (C=O) groups excluding carboxylic acids is 3. The first-order chi connectivity index (χ1) is 23.7. The number of hydrogen-bond donors (Lipinski definition) is 3. The number of hydrogen-bond acceptors (Lipinski definition) is 6. The van der Waals surface area contributed by atoms with Crippen LogP contribution in [0.15, 0.2) is 57.5 Å². The number of nitrogens with one attached hydrogen (secondary N) is 2. The van der Waals surface area contributed by atoms with Gasteiger partial charge >= 0.3 is 0 Å². The van der Waals surface area contributed by atoms with Gasteiger partial charge in [0, 0.05) is 49.3 Å². The number of anilines is 2. The number of aliphatic imine (C=N–C) groups is 1. The van der Waals surface area contributed by atoms with E-state index in [0.717, 1.165) is 119 Å². The number of allylic oxidation sites excluding steroid dienone is 5. The fraction of sp³-hybridized carbons (Fsp3) is 0.561. The van der Waals surface area contributed by atoms with Crippen LogP contribution in [0.2, 0.25) is 0 Å². The predicted molar refractivity (Wildman–Crippen MR) is 202 cm³/mol. The van der Waals surface area contributed by atoms with Crippen LogP contribution in [0.3, 0.4) is 0 Å². The highest BCUT2D eigenvalue weighted by molar-refractivity contribution is 6.40. The standard InChI is InChI=1S/C41H58N4O4/c1-6-9-12-14-19-36(46)43-33-26-32(42-21-16-11-8-3)28(4)24-30(33)38-40(48)39(41(38)49)31-25-29(5)35(45-22-17-18-23-45)27-34(31)44-37(47)20-15-13-10-7-2/h24-27,48H,6-23H2,1-5H3,(H,43,46)(H,44,47)/b38-30-,42-32-. The molecule has 4 rings (SSSR count). The summed E-state index contributed by atoms with van der Waals surface area (Å²) in [6.07, 6.45) is 17.8. The molecule has 1 fully saturated rings. The quantitative estimate of drug-likeness (QED) is 0.107. The fourth-order valence-electron chi connectivity index (χ4n) is 6.80. The zero-order valence-electron chi connectivity index (χ0n) is 30.6. The molecule has 2 amide bonds. The van der Waals surface area contributed by atoms with E-state index >= 15 is 0 Å². The summed E-state index contributed by atoms with van der Waals surface area (Å²) < 4.78 is 0. The van der Waals surface area contributed by atoms with Gasteiger partial charge in [0.2, 0.25) is 17.6 Å². The molecule has 0 saturated carbocycles. The van der Waals surface area contributed by atoms with Crippen molar-refractivity contribution in [1.82, 2.24) is 5.32 Å². The summed E-state index contributed by atoms with van der Waals surface area (Å²) in [5.74, 6) is -0.647. The zero-order valence-corrected chi connectivity index (χ0v) is 30.6. The first-order valence-electron chi connectivity index (χ1n) is 18.9. The molecular formula is C41H58N4O4. The van der Waals surface area contributed by atoms with Crippen molar-refractivity contribution in [2.45, 2.75) is 131 Å². The number of aliphatic hydroxyl groups excluding tert-OH is 1. The number of benzene rings is 1. The Morgan fingerprint density at radius 2 is 1.41 bits per heavy atom. The van der Waals surface area contributed by atoms with Crippen LogP contribution in [-0.4, -0.2) is 48.1 Å². The first kappa shape index (κ1) is 37.9. The Labute approximate surface area is 293 Å². The number of amides is 2. The summed E-state index contributed by atoms with van der Waals surface area (Å²) in [6, 6.07) is 3.89. The van der Waals surface area contributed by atoms with E-state index in [2.05, 4.69) is 36.3 Å². The summed E-state index contributed by atoms with van der Waals surface area (Å²) >= 11 is 0. The van der Waals surface area contributed by atoms with E-state index in [4.69, 9.17) is 4.99 Å². The average Bonchev–Trinajstić information content (AvgIpc) is 3.61.